The molecular formula is C10H6Br2IN3O. The summed E-state index contributed by atoms with van der Waals surface area (Å²) in [6.45, 7) is 0. The molecule has 0 unspecified atom stereocenters. The molecule has 0 amide bonds. The molecule has 0 aliphatic rings. The van der Waals surface area contributed by atoms with Crippen LogP contribution in [0.3, 0.4) is 0 Å². The van der Waals surface area contributed by atoms with Crippen molar-refractivity contribution < 1.29 is 4.79 Å². The van der Waals surface area contributed by atoms with Crippen molar-refractivity contribution in [2.24, 2.45) is 7.05 Å². The van der Waals surface area contributed by atoms with Gasteiger partial charge in [0.15, 0.2) is 4.60 Å². The molecule has 0 aliphatic heterocycles. The molecule has 1 aromatic heterocycles. The summed E-state index contributed by atoms with van der Waals surface area (Å²) in [7, 11) is 1.69. The summed E-state index contributed by atoms with van der Waals surface area (Å²) in [4.78, 5) is 12.4. The number of aromatic nitrogens is 3. The number of rotatable bonds is 2. The van der Waals surface area contributed by atoms with Gasteiger partial charge in [-0.05, 0) is 56.7 Å². The Hall–Kier alpha value is -0.280. The molecular weight excluding hydrogens is 465 g/mol. The molecule has 0 fully saturated rings. The van der Waals surface area contributed by atoms with Gasteiger partial charge in [-0.1, -0.05) is 21.1 Å². The number of hydrogen-bond donors (Lipinski definition) is 0. The SMILES string of the molecule is Cn1nnc(Br)c1C(=O)c1cc(Br)ccc1I. The first-order valence-corrected chi connectivity index (χ1v) is 7.22. The number of halogens is 3. The lowest BCUT2D eigenvalue weighted by Gasteiger charge is -2.04. The van der Waals surface area contributed by atoms with Crippen LogP contribution in [0, 0.1) is 3.57 Å². The molecule has 4 nitrogen and oxygen atoms in total. The molecule has 1 aromatic carbocycles. The highest BCUT2D eigenvalue weighted by Gasteiger charge is 2.20. The highest BCUT2D eigenvalue weighted by Crippen LogP contribution is 2.23. The Morgan fingerprint density at radius 3 is 2.71 bits per heavy atom. The van der Waals surface area contributed by atoms with Crippen molar-refractivity contribution in [2.75, 3.05) is 0 Å². The van der Waals surface area contributed by atoms with E-state index in [-0.39, 0.29) is 5.78 Å². The summed E-state index contributed by atoms with van der Waals surface area (Å²) < 4.78 is 3.68. The van der Waals surface area contributed by atoms with Crippen molar-refractivity contribution in [3.63, 3.8) is 0 Å². The maximum Gasteiger partial charge on any atom is 0.214 e. The number of benzene rings is 1. The Morgan fingerprint density at radius 1 is 1.41 bits per heavy atom. The van der Waals surface area contributed by atoms with E-state index in [0.29, 0.717) is 15.9 Å². The van der Waals surface area contributed by atoms with Crippen LogP contribution >= 0.6 is 54.5 Å². The summed E-state index contributed by atoms with van der Waals surface area (Å²) in [6, 6.07) is 5.58. The number of carbonyl (C=O) groups is 1. The lowest BCUT2D eigenvalue weighted by atomic mass is 10.1. The van der Waals surface area contributed by atoms with Gasteiger partial charge in [-0.25, -0.2) is 4.68 Å². The molecule has 0 N–H and O–H groups in total. The minimum Gasteiger partial charge on any atom is -0.287 e. The first-order valence-electron chi connectivity index (χ1n) is 4.55. The maximum atomic E-state index is 12.4. The van der Waals surface area contributed by atoms with E-state index in [1.807, 2.05) is 12.1 Å². The molecule has 2 rings (SSSR count). The molecule has 0 saturated heterocycles. The normalized spacial score (nSPS) is 10.6. The molecule has 0 aliphatic carbocycles. The highest BCUT2D eigenvalue weighted by molar-refractivity contribution is 14.1. The standard InChI is InChI=1S/C10H6Br2IN3O/c1-16-8(10(12)14-15-16)9(17)6-4-5(11)2-3-7(6)13/h2-4H,1H3. The van der Waals surface area contributed by atoms with Crippen LogP contribution in [-0.2, 0) is 7.05 Å². The average Bonchev–Trinajstić information content (AvgIpc) is 2.61. The van der Waals surface area contributed by atoms with Gasteiger partial charge in [-0.15, -0.1) is 5.10 Å². The zero-order valence-electron chi connectivity index (χ0n) is 8.62. The van der Waals surface area contributed by atoms with E-state index in [4.69, 9.17) is 0 Å². The second-order valence-corrected chi connectivity index (χ2v) is 6.13. The number of carbonyl (C=O) groups excluding carboxylic acids is 1. The van der Waals surface area contributed by atoms with Crippen molar-refractivity contribution in [3.05, 3.63) is 42.1 Å². The van der Waals surface area contributed by atoms with E-state index < -0.39 is 0 Å². The van der Waals surface area contributed by atoms with E-state index in [9.17, 15) is 4.79 Å². The van der Waals surface area contributed by atoms with Gasteiger partial charge >= 0.3 is 0 Å². The zero-order chi connectivity index (χ0) is 12.6. The van der Waals surface area contributed by atoms with E-state index in [0.717, 1.165) is 8.04 Å². The topological polar surface area (TPSA) is 47.8 Å². The minimum atomic E-state index is -0.102. The fourth-order valence-corrected chi connectivity index (χ4v) is 2.82. The van der Waals surface area contributed by atoms with Crippen molar-refractivity contribution in [1.29, 1.82) is 0 Å². The molecule has 0 spiro atoms. The van der Waals surface area contributed by atoms with Crippen LogP contribution in [0.2, 0.25) is 0 Å². The Balaban J connectivity index is 2.55. The summed E-state index contributed by atoms with van der Waals surface area (Å²) in [5.41, 5.74) is 1.08. The Bertz CT molecular complexity index is 578. The molecule has 0 radical (unpaired) electrons. The van der Waals surface area contributed by atoms with Gasteiger partial charge in [-0.3, -0.25) is 4.79 Å². The first kappa shape index (κ1) is 13.2. The van der Waals surface area contributed by atoms with Gasteiger partial charge in [0.2, 0.25) is 5.78 Å². The van der Waals surface area contributed by atoms with Gasteiger partial charge in [0, 0.05) is 20.7 Å². The van der Waals surface area contributed by atoms with E-state index >= 15 is 0 Å². The lowest BCUT2D eigenvalue weighted by molar-refractivity contribution is 0.102. The van der Waals surface area contributed by atoms with Crippen molar-refractivity contribution in [3.8, 4) is 0 Å². The molecule has 88 valence electrons. The third kappa shape index (κ3) is 2.60. The van der Waals surface area contributed by atoms with Crippen LogP contribution in [0.1, 0.15) is 16.1 Å². The Morgan fingerprint density at radius 2 is 2.12 bits per heavy atom. The lowest BCUT2D eigenvalue weighted by Crippen LogP contribution is -2.10. The van der Waals surface area contributed by atoms with E-state index in [1.165, 1.54) is 4.68 Å². The summed E-state index contributed by atoms with van der Waals surface area (Å²) in [6.07, 6.45) is 0. The molecule has 7 heteroatoms. The summed E-state index contributed by atoms with van der Waals surface area (Å²) in [5.74, 6) is -0.102. The minimum absolute atomic E-state index is 0.102. The molecule has 17 heavy (non-hydrogen) atoms. The predicted molar refractivity (Wildman–Crippen MR) is 79.0 cm³/mol. The quantitative estimate of drug-likeness (QED) is 0.500. The van der Waals surface area contributed by atoms with Gasteiger partial charge in [0.25, 0.3) is 0 Å². The maximum absolute atomic E-state index is 12.4. The molecule has 0 atom stereocenters. The second-order valence-electron chi connectivity index (χ2n) is 3.31. The highest BCUT2D eigenvalue weighted by atomic mass is 127. The fourth-order valence-electron chi connectivity index (χ4n) is 1.37. The van der Waals surface area contributed by atoms with Crippen molar-refractivity contribution >= 4 is 60.2 Å². The van der Waals surface area contributed by atoms with Crippen LogP contribution < -0.4 is 0 Å². The third-order valence-corrected chi connectivity index (χ3v) is 4.14. The van der Waals surface area contributed by atoms with Crippen LogP contribution in [0.4, 0.5) is 0 Å². The molecule has 0 bridgehead atoms. The number of nitrogens with zero attached hydrogens (tertiary/aromatic N) is 3. The van der Waals surface area contributed by atoms with Crippen LogP contribution in [0.15, 0.2) is 27.3 Å². The van der Waals surface area contributed by atoms with Gasteiger partial charge in [-0.2, -0.15) is 0 Å². The van der Waals surface area contributed by atoms with E-state index in [2.05, 4.69) is 64.8 Å². The number of hydrogen-bond acceptors (Lipinski definition) is 3. The van der Waals surface area contributed by atoms with Crippen LogP contribution in [-0.4, -0.2) is 20.8 Å². The Kier molecular flexibility index (Phi) is 3.99. The first-order chi connectivity index (χ1) is 8.00. The molecule has 1 heterocycles. The smallest absolute Gasteiger partial charge is 0.214 e. The Labute approximate surface area is 128 Å². The largest absolute Gasteiger partial charge is 0.287 e. The zero-order valence-corrected chi connectivity index (χ0v) is 13.9. The molecule has 2 aromatic rings. The van der Waals surface area contributed by atoms with Crippen molar-refractivity contribution in [2.45, 2.75) is 0 Å². The third-order valence-electron chi connectivity index (χ3n) is 2.17. The fraction of sp³-hybridized carbons (Fsp3) is 0.100. The second kappa shape index (κ2) is 5.15. The van der Waals surface area contributed by atoms with Crippen molar-refractivity contribution in [1.82, 2.24) is 15.0 Å². The number of ketones is 1. The summed E-state index contributed by atoms with van der Waals surface area (Å²) >= 11 is 8.72. The van der Waals surface area contributed by atoms with Gasteiger partial charge in [0.1, 0.15) is 5.69 Å². The number of aryl methyl sites for hydroxylation is 1. The summed E-state index contributed by atoms with van der Waals surface area (Å²) in [5, 5.41) is 7.61. The average molecular weight is 471 g/mol. The van der Waals surface area contributed by atoms with Crippen LogP contribution in [0.5, 0.6) is 0 Å². The van der Waals surface area contributed by atoms with Crippen LogP contribution in [0.25, 0.3) is 0 Å². The van der Waals surface area contributed by atoms with Gasteiger partial charge < -0.3 is 0 Å². The van der Waals surface area contributed by atoms with Gasteiger partial charge in [0.05, 0.1) is 0 Å². The molecule has 0 saturated carbocycles. The predicted octanol–water partition coefficient (Wildman–Crippen LogP) is 3.18. The van der Waals surface area contributed by atoms with E-state index in [1.54, 1.807) is 13.1 Å². The monoisotopic (exact) mass is 469 g/mol.